The van der Waals surface area contributed by atoms with Crippen LogP contribution in [-0.2, 0) is 0 Å². The van der Waals surface area contributed by atoms with Crippen LogP contribution in [0.4, 0.5) is 11.4 Å². The highest BCUT2D eigenvalue weighted by Crippen LogP contribution is 2.44. The third-order valence-corrected chi connectivity index (χ3v) is 11.2. The van der Waals surface area contributed by atoms with Crippen LogP contribution in [0.3, 0.4) is 0 Å². The summed E-state index contributed by atoms with van der Waals surface area (Å²) in [6.45, 7) is 18.0. The average Bonchev–Trinajstić information content (AvgIpc) is 3.80. The Morgan fingerprint density at radius 3 is 1.49 bits per heavy atom. The lowest BCUT2D eigenvalue weighted by molar-refractivity contribution is 1.10. The number of aryl methyl sites for hydroxylation is 1. The Balaban J connectivity index is 1.34. The van der Waals surface area contributed by atoms with E-state index in [-0.39, 0.29) is 0 Å². The topological polar surface area (TPSA) is 66.2 Å². The molecule has 0 amide bonds. The first-order chi connectivity index (χ1) is 29.0. The van der Waals surface area contributed by atoms with Crippen molar-refractivity contribution in [2.24, 2.45) is 0 Å². The van der Waals surface area contributed by atoms with Gasteiger partial charge in [0.05, 0.1) is 69.9 Å². The van der Waals surface area contributed by atoms with E-state index in [1.54, 1.807) is 0 Å². The summed E-state index contributed by atoms with van der Waals surface area (Å²) in [4.78, 5) is 7.75. The van der Waals surface area contributed by atoms with Crippen LogP contribution < -0.4 is 0 Å². The molecule has 59 heavy (non-hydrogen) atoms. The molecule has 0 unspecified atom stereocenters. The Morgan fingerprint density at radius 1 is 0.441 bits per heavy atom. The Morgan fingerprint density at radius 2 is 0.949 bits per heavy atom. The molecule has 0 atom stereocenters. The van der Waals surface area contributed by atoms with Crippen molar-refractivity contribution in [3.8, 4) is 56.9 Å². The minimum atomic E-state index is 0.467. The second-order valence-corrected chi connectivity index (χ2v) is 14.7. The maximum Gasteiger partial charge on any atom is 0.197 e. The molecule has 0 saturated heterocycles. The number of fused-ring (bicyclic) bond motifs is 6. The second-order valence-electron chi connectivity index (χ2n) is 14.7. The second kappa shape index (κ2) is 13.8. The molecule has 10 rings (SSSR count). The van der Waals surface area contributed by atoms with Crippen molar-refractivity contribution in [1.29, 1.82) is 10.5 Å². The Labute approximate surface area is 340 Å². The first-order valence-corrected chi connectivity index (χ1v) is 19.1. The summed E-state index contributed by atoms with van der Waals surface area (Å²) in [5.41, 5.74) is 14.3. The van der Waals surface area contributed by atoms with E-state index < -0.39 is 0 Å². The van der Waals surface area contributed by atoms with E-state index in [9.17, 15) is 10.5 Å². The zero-order valence-electron chi connectivity index (χ0n) is 31.8. The van der Waals surface area contributed by atoms with Crippen molar-refractivity contribution in [2.75, 3.05) is 0 Å². The van der Waals surface area contributed by atoms with E-state index in [2.05, 4.69) is 116 Å². The lowest BCUT2D eigenvalue weighted by Crippen LogP contribution is -2.04. The van der Waals surface area contributed by atoms with Crippen LogP contribution in [-0.4, -0.2) is 9.13 Å². The molecule has 10 aromatic rings. The molecule has 0 aliphatic rings. The van der Waals surface area contributed by atoms with Gasteiger partial charge in [-0.25, -0.2) is 9.69 Å². The third-order valence-electron chi connectivity index (χ3n) is 11.2. The molecular formula is C53H30N6. The molecule has 0 saturated carbocycles. The number of benzene rings is 8. The summed E-state index contributed by atoms with van der Waals surface area (Å²) in [5.74, 6) is 0. The van der Waals surface area contributed by atoms with Gasteiger partial charge in [0.2, 0.25) is 0 Å². The highest BCUT2D eigenvalue weighted by Gasteiger charge is 2.23. The third kappa shape index (κ3) is 5.69. The van der Waals surface area contributed by atoms with Gasteiger partial charge in [-0.1, -0.05) is 103 Å². The first-order valence-electron chi connectivity index (χ1n) is 19.1. The zero-order chi connectivity index (χ0) is 40.2. The fourth-order valence-corrected chi connectivity index (χ4v) is 8.54. The highest BCUT2D eigenvalue weighted by molar-refractivity contribution is 6.13. The summed E-state index contributed by atoms with van der Waals surface area (Å²) in [6.07, 6.45) is 0. The smallest absolute Gasteiger partial charge is 0.197 e. The maximum atomic E-state index is 10.0. The van der Waals surface area contributed by atoms with Crippen molar-refractivity contribution in [3.63, 3.8) is 0 Å². The SMILES string of the molecule is [C-]#[N+]c1ccc(-c2ccc3c4ccccc4n(-c4cc([N+]#[C-])c(-c5cc(C)cc(C#N)c5)cc4-n4c5ccccc5c5ccc(-c6ccc(C#N)cc6)cc54)c3c2)cc1. The molecule has 0 spiro atoms. The van der Waals surface area contributed by atoms with Crippen molar-refractivity contribution in [2.45, 2.75) is 6.92 Å². The zero-order valence-corrected chi connectivity index (χ0v) is 31.8. The van der Waals surface area contributed by atoms with Gasteiger partial charge in [0.15, 0.2) is 11.4 Å². The molecule has 2 heterocycles. The number of nitriles is 2. The van der Waals surface area contributed by atoms with Crippen molar-refractivity contribution in [3.05, 3.63) is 203 Å². The van der Waals surface area contributed by atoms with Crippen molar-refractivity contribution < 1.29 is 0 Å². The minimum absolute atomic E-state index is 0.467. The van der Waals surface area contributed by atoms with Gasteiger partial charge in [0.25, 0.3) is 0 Å². The molecule has 0 aliphatic heterocycles. The molecule has 0 radical (unpaired) electrons. The van der Waals surface area contributed by atoms with E-state index in [4.69, 9.17) is 13.1 Å². The number of rotatable bonds is 5. The summed E-state index contributed by atoms with van der Waals surface area (Å²) in [6, 6.07) is 59.5. The predicted molar refractivity (Wildman–Crippen MR) is 238 cm³/mol. The lowest BCUT2D eigenvalue weighted by Gasteiger charge is -2.20. The number of hydrogen-bond acceptors (Lipinski definition) is 2. The molecule has 0 fully saturated rings. The van der Waals surface area contributed by atoms with E-state index in [0.29, 0.717) is 22.5 Å². The first kappa shape index (κ1) is 34.8. The summed E-state index contributed by atoms with van der Waals surface area (Å²) < 4.78 is 4.58. The van der Waals surface area contributed by atoms with Gasteiger partial charge in [-0.05, 0) is 107 Å². The van der Waals surface area contributed by atoms with Crippen LogP contribution in [0.15, 0.2) is 164 Å². The molecule has 6 nitrogen and oxygen atoms in total. The number of hydrogen-bond donors (Lipinski definition) is 0. The maximum absolute atomic E-state index is 10.0. The van der Waals surface area contributed by atoms with Crippen molar-refractivity contribution in [1.82, 2.24) is 9.13 Å². The van der Waals surface area contributed by atoms with E-state index in [0.717, 1.165) is 93.9 Å². The van der Waals surface area contributed by atoms with E-state index in [1.165, 1.54) is 0 Å². The summed E-state index contributed by atoms with van der Waals surface area (Å²) in [5, 5.41) is 23.8. The van der Waals surface area contributed by atoms with Gasteiger partial charge in [-0.2, -0.15) is 10.5 Å². The molecular weight excluding hydrogens is 721 g/mol. The normalized spacial score (nSPS) is 11.1. The van der Waals surface area contributed by atoms with Gasteiger partial charge in [-0.15, -0.1) is 0 Å². The standard InChI is InChI=1S/C53H30N6/c1-33-24-35(32-55)26-40(25-33)46-29-52(58-48-10-6-4-8-42(48)44-22-18-38(27-50(44)58)36-14-12-34(31-54)13-15-36)53(30-47(46)57-3)59-49-11-7-5-9-43(49)45-23-19-39(28-51(45)59)37-16-20-41(56-2)21-17-37/h4-30H,1H3. The Bertz CT molecular complexity index is 3540. The molecule has 8 aromatic carbocycles. The van der Waals surface area contributed by atoms with Crippen LogP contribution in [0, 0.1) is 42.7 Å². The molecule has 0 aliphatic carbocycles. The van der Waals surface area contributed by atoms with Crippen molar-refractivity contribution >= 4 is 55.0 Å². The van der Waals surface area contributed by atoms with Crippen LogP contribution in [0.2, 0.25) is 0 Å². The van der Waals surface area contributed by atoms with Gasteiger partial charge in [0.1, 0.15) is 0 Å². The predicted octanol–water partition coefficient (Wildman–Crippen LogP) is 14.0. The Kier molecular flexibility index (Phi) is 8.14. The van der Waals surface area contributed by atoms with Gasteiger partial charge >= 0.3 is 0 Å². The fraction of sp³-hybridized carbons (Fsp3) is 0.0189. The summed E-state index contributed by atoms with van der Waals surface area (Å²) in [7, 11) is 0. The molecule has 2 aromatic heterocycles. The molecule has 0 bridgehead atoms. The molecule has 0 N–H and O–H groups in total. The quantitative estimate of drug-likeness (QED) is 0.164. The Hall–Kier alpha value is -8.68. The average molecular weight is 751 g/mol. The van der Waals surface area contributed by atoms with Crippen LogP contribution in [0.5, 0.6) is 0 Å². The molecule has 6 heteroatoms. The van der Waals surface area contributed by atoms with Crippen LogP contribution in [0.1, 0.15) is 16.7 Å². The van der Waals surface area contributed by atoms with Gasteiger partial charge in [0, 0.05) is 21.5 Å². The number of aromatic nitrogens is 2. The number of nitrogens with zero attached hydrogens (tertiary/aromatic N) is 6. The van der Waals surface area contributed by atoms with Gasteiger partial charge < -0.3 is 9.13 Å². The highest BCUT2D eigenvalue weighted by atomic mass is 15.1. The number of para-hydroxylation sites is 2. The van der Waals surface area contributed by atoms with Gasteiger partial charge in [-0.3, -0.25) is 0 Å². The van der Waals surface area contributed by atoms with Crippen LogP contribution >= 0.6 is 0 Å². The van der Waals surface area contributed by atoms with E-state index in [1.807, 2.05) is 85.8 Å². The van der Waals surface area contributed by atoms with Crippen LogP contribution in [0.25, 0.3) is 98.1 Å². The lowest BCUT2D eigenvalue weighted by atomic mass is 9.97. The van der Waals surface area contributed by atoms with E-state index >= 15 is 0 Å². The summed E-state index contributed by atoms with van der Waals surface area (Å²) >= 11 is 0. The minimum Gasteiger partial charge on any atom is -0.308 e. The largest absolute Gasteiger partial charge is 0.308 e. The fourth-order valence-electron chi connectivity index (χ4n) is 8.54. The molecule has 272 valence electrons. The monoisotopic (exact) mass is 750 g/mol.